The maximum atomic E-state index is 10.7. The summed E-state index contributed by atoms with van der Waals surface area (Å²) >= 11 is 6.00. The summed E-state index contributed by atoms with van der Waals surface area (Å²) in [5.41, 5.74) is 2.30. The Balaban J connectivity index is 0.000000379. The van der Waals surface area contributed by atoms with Crippen molar-refractivity contribution in [1.82, 2.24) is 4.98 Å². The Morgan fingerprint density at radius 2 is 2.09 bits per heavy atom. The fraction of sp³-hybridized carbons (Fsp3) is 0.471. The summed E-state index contributed by atoms with van der Waals surface area (Å²) < 4.78 is 5.11. The van der Waals surface area contributed by atoms with Crippen LogP contribution in [0.15, 0.2) is 12.1 Å². The molecule has 0 aliphatic rings. The number of methoxy groups -OCH3 is 1. The molecule has 0 amide bonds. The molecule has 0 fully saturated rings. The third-order valence-electron chi connectivity index (χ3n) is 3.49. The Morgan fingerprint density at radius 3 is 2.57 bits per heavy atom. The minimum Gasteiger partial charge on any atom is -0.550 e. The Hall–Kier alpha value is -1.72. The summed E-state index contributed by atoms with van der Waals surface area (Å²) in [4.78, 5) is 13.8. The lowest BCUT2D eigenvalue weighted by molar-refractivity contribution is -0.651. The molecule has 1 aromatic heterocycles. The number of hydrogen-bond donors (Lipinski definition) is 2. The second-order valence-corrected chi connectivity index (χ2v) is 5.70. The Bertz CT molecular complexity index is 649. The molecule has 128 valence electrons. The first-order valence-electron chi connectivity index (χ1n) is 7.80. The molecule has 0 saturated heterocycles. The molecule has 0 radical (unpaired) electrons. The number of H-pyrrole nitrogens is 1. The van der Waals surface area contributed by atoms with Crippen LogP contribution in [-0.2, 0) is 11.2 Å². The molecule has 0 bridgehead atoms. The molecule has 1 heterocycles. The van der Waals surface area contributed by atoms with Crippen LogP contribution in [0, 0.1) is 6.92 Å². The third kappa shape index (κ3) is 5.44. The Labute approximate surface area is 142 Å². The monoisotopic (exact) mass is 340 g/mol. The summed E-state index contributed by atoms with van der Waals surface area (Å²) in [7, 11) is 1.52. The highest BCUT2D eigenvalue weighted by Crippen LogP contribution is 2.32. The van der Waals surface area contributed by atoms with Crippen molar-refractivity contribution in [1.29, 1.82) is 0 Å². The van der Waals surface area contributed by atoms with E-state index in [0.717, 1.165) is 16.6 Å². The number of nitrogens with two attached hydrogens (primary N) is 1. The lowest BCUT2D eigenvalue weighted by atomic mass is 10.1. The summed E-state index contributed by atoms with van der Waals surface area (Å²) in [6.45, 7) is 8.71. The van der Waals surface area contributed by atoms with Crippen molar-refractivity contribution in [3.8, 4) is 5.75 Å². The van der Waals surface area contributed by atoms with Gasteiger partial charge in [-0.3, -0.25) is 0 Å². The largest absolute Gasteiger partial charge is 0.550 e. The van der Waals surface area contributed by atoms with Crippen molar-refractivity contribution >= 4 is 28.5 Å². The molecule has 2 aromatic rings. The molecule has 1 aromatic carbocycles. The maximum Gasteiger partial charge on any atom is 0.138 e. The summed E-state index contributed by atoms with van der Waals surface area (Å²) in [6.07, 6.45) is 1.17. The van der Waals surface area contributed by atoms with Gasteiger partial charge in [0, 0.05) is 29.0 Å². The van der Waals surface area contributed by atoms with E-state index in [0.29, 0.717) is 16.3 Å². The number of hydrogen-bond acceptors (Lipinski definition) is 3. The minimum absolute atomic E-state index is 0.128. The Morgan fingerprint density at radius 1 is 1.39 bits per heavy atom. The molecule has 3 N–H and O–H groups in total. The van der Waals surface area contributed by atoms with Crippen LogP contribution in [0.1, 0.15) is 31.5 Å². The van der Waals surface area contributed by atoms with Crippen molar-refractivity contribution in [3.05, 3.63) is 28.4 Å². The van der Waals surface area contributed by atoms with Crippen LogP contribution >= 0.6 is 11.6 Å². The van der Waals surface area contributed by atoms with Crippen molar-refractivity contribution in [2.24, 2.45) is 0 Å². The van der Waals surface area contributed by atoms with Crippen LogP contribution in [0.25, 0.3) is 10.9 Å². The fourth-order valence-electron chi connectivity index (χ4n) is 2.32. The van der Waals surface area contributed by atoms with E-state index in [1.54, 1.807) is 12.1 Å². The minimum atomic E-state index is -1.11. The van der Waals surface area contributed by atoms with Gasteiger partial charge in [0.1, 0.15) is 5.75 Å². The number of fused-ring (bicyclic) bond motifs is 1. The van der Waals surface area contributed by atoms with Gasteiger partial charge in [0.2, 0.25) is 0 Å². The van der Waals surface area contributed by atoms with Gasteiger partial charge in [-0.2, -0.15) is 0 Å². The molecule has 0 atom stereocenters. The number of aromatic amines is 1. The summed E-state index contributed by atoms with van der Waals surface area (Å²) in [6, 6.07) is 3.46. The van der Waals surface area contributed by atoms with Gasteiger partial charge in [-0.05, 0) is 38.0 Å². The number of aromatic nitrogens is 1. The van der Waals surface area contributed by atoms with Crippen LogP contribution in [0.4, 0.5) is 0 Å². The number of halogens is 1. The molecular formula is C17H25ClN2O3. The maximum absolute atomic E-state index is 10.7. The number of aliphatic carboxylic acids is 1. The van der Waals surface area contributed by atoms with E-state index in [2.05, 4.69) is 24.1 Å². The van der Waals surface area contributed by atoms with Gasteiger partial charge in [-0.25, -0.2) is 0 Å². The van der Waals surface area contributed by atoms with E-state index in [1.807, 2.05) is 6.92 Å². The van der Waals surface area contributed by atoms with Crippen LogP contribution < -0.4 is 15.2 Å². The number of ether oxygens (including phenoxy) is 1. The van der Waals surface area contributed by atoms with Gasteiger partial charge < -0.3 is 24.9 Å². The van der Waals surface area contributed by atoms with Crippen molar-refractivity contribution < 1.29 is 20.0 Å². The highest BCUT2D eigenvalue weighted by Gasteiger charge is 2.12. The third-order valence-corrected chi connectivity index (χ3v) is 3.79. The molecule has 23 heavy (non-hydrogen) atoms. The second kappa shape index (κ2) is 9.43. The van der Waals surface area contributed by atoms with E-state index >= 15 is 0 Å². The van der Waals surface area contributed by atoms with Crippen LogP contribution in [0.5, 0.6) is 5.75 Å². The number of carbonyl (C=O) groups excluding carboxylic acids is 1. The van der Waals surface area contributed by atoms with Gasteiger partial charge in [0.25, 0.3) is 0 Å². The van der Waals surface area contributed by atoms with Crippen molar-refractivity contribution in [2.75, 3.05) is 20.2 Å². The predicted octanol–water partition coefficient (Wildman–Crippen LogP) is 1.41. The van der Waals surface area contributed by atoms with E-state index in [9.17, 15) is 9.90 Å². The van der Waals surface area contributed by atoms with Gasteiger partial charge in [0.15, 0.2) is 0 Å². The number of benzene rings is 1. The first-order chi connectivity index (χ1) is 10.9. The lowest BCUT2D eigenvalue weighted by Gasteiger charge is -2.05. The number of quaternary nitrogens is 1. The number of carboxylic acid groups (broad SMARTS) is 1. The van der Waals surface area contributed by atoms with Crippen LogP contribution in [-0.4, -0.2) is 31.2 Å². The lowest BCUT2D eigenvalue weighted by Crippen LogP contribution is -2.83. The molecular weight excluding hydrogens is 316 g/mol. The average molecular weight is 341 g/mol. The average Bonchev–Trinajstić information content (AvgIpc) is 2.79. The van der Waals surface area contributed by atoms with Crippen molar-refractivity contribution in [2.45, 2.75) is 33.6 Å². The highest BCUT2D eigenvalue weighted by atomic mass is 35.5. The van der Waals surface area contributed by atoms with Gasteiger partial charge in [0.05, 0.1) is 25.2 Å². The first-order valence-corrected chi connectivity index (χ1v) is 8.18. The molecule has 0 saturated carbocycles. The standard InChI is InChI=1S/C12H12ClNO3.C5H13N/c1-6-7(4-12(15)16)8-3-11(17-2)9(13)5-10(8)14-6;1-3-5-6-4-2/h3,5,14H,4H2,1-2H3,(H,15,16);6H,3-5H2,1-2H3. The molecule has 5 nitrogen and oxygen atoms in total. The molecule has 0 aliphatic heterocycles. The van der Waals surface area contributed by atoms with Crippen LogP contribution in [0.2, 0.25) is 5.02 Å². The predicted molar refractivity (Wildman–Crippen MR) is 90.9 cm³/mol. The molecule has 0 spiro atoms. The normalized spacial score (nSPS) is 10.3. The topological polar surface area (TPSA) is 81.8 Å². The molecule has 6 heteroatoms. The van der Waals surface area contributed by atoms with Gasteiger partial charge in [-0.1, -0.05) is 18.5 Å². The summed E-state index contributed by atoms with van der Waals surface area (Å²) in [5.74, 6) is -0.583. The SMILES string of the molecule is CCC[NH2+]CC.COc1cc2c(CC(=O)[O-])c(C)[nH]c2cc1Cl. The number of rotatable bonds is 6. The molecule has 0 aliphatic carbocycles. The van der Waals surface area contributed by atoms with Gasteiger partial charge >= 0.3 is 0 Å². The first kappa shape index (κ1) is 19.3. The zero-order valence-corrected chi connectivity index (χ0v) is 14.9. The Kier molecular flexibility index (Phi) is 7.92. The zero-order chi connectivity index (χ0) is 17.4. The second-order valence-electron chi connectivity index (χ2n) is 5.30. The molecule has 2 rings (SSSR count). The smallest absolute Gasteiger partial charge is 0.138 e. The van der Waals surface area contributed by atoms with Crippen LogP contribution in [0.3, 0.4) is 0 Å². The van der Waals surface area contributed by atoms with Gasteiger partial charge in [-0.15, -0.1) is 0 Å². The van der Waals surface area contributed by atoms with E-state index < -0.39 is 5.97 Å². The number of aryl methyl sites for hydroxylation is 1. The quantitative estimate of drug-likeness (QED) is 0.780. The summed E-state index contributed by atoms with van der Waals surface area (Å²) in [5, 5.41) is 14.3. The van der Waals surface area contributed by atoms with E-state index in [-0.39, 0.29) is 6.42 Å². The number of carbonyl (C=O) groups is 1. The number of carboxylic acids is 1. The molecule has 0 unspecified atom stereocenters. The number of nitrogens with one attached hydrogen (secondary N) is 1. The zero-order valence-electron chi connectivity index (χ0n) is 14.2. The van der Waals surface area contributed by atoms with E-state index in [4.69, 9.17) is 16.3 Å². The van der Waals surface area contributed by atoms with E-state index in [1.165, 1.54) is 26.6 Å². The highest BCUT2D eigenvalue weighted by molar-refractivity contribution is 6.32. The van der Waals surface area contributed by atoms with Crippen molar-refractivity contribution in [3.63, 3.8) is 0 Å². The fourth-order valence-corrected chi connectivity index (χ4v) is 2.56.